The van der Waals surface area contributed by atoms with Crippen LogP contribution in [0.1, 0.15) is 23.2 Å². The summed E-state index contributed by atoms with van der Waals surface area (Å²) in [6.07, 6.45) is 6.89. The zero-order chi connectivity index (χ0) is 23.4. The fraction of sp³-hybridized carbons (Fsp3) is 0.125. The molecule has 1 saturated carbocycles. The third kappa shape index (κ3) is 3.32. The van der Waals surface area contributed by atoms with Gasteiger partial charge in [-0.05, 0) is 43.2 Å². The summed E-state index contributed by atoms with van der Waals surface area (Å²) in [6.45, 7) is 0. The lowest BCUT2D eigenvalue weighted by atomic mass is 10.1. The van der Waals surface area contributed by atoms with Crippen molar-refractivity contribution in [3.8, 4) is 22.5 Å². The van der Waals surface area contributed by atoms with Crippen molar-refractivity contribution in [2.45, 2.75) is 12.8 Å². The van der Waals surface area contributed by atoms with Gasteiger partial charge >= 0.3 is 0 Å². The van der Waals surface area contributed by atoms with Crippen LogP contribution in [0, 0.1) is 5.92 Å². The van der Waals surface area contributed by atoms with Gasteiger partial charge in [-0.25, -0.2) is 4.98 Å². The predicted molar refractivity (Wildman–Crippen MR) is 128 cm³/mol. The highest BCUT2D eigenvalue weighted by Gasteiger charge is 2.29. The van der Waals surface area contributed by atoms with E-state index in [2.05, 4.69) is 25.4 Å². The number of rotatable bonds is 5. The molecule has 1 aliphatic rings. The number of nitrogens with one attached hydrogen (secondary N) is 2. The van der Waals surface area contributed by atoms with E-state index in [9.17, 15) is 9.59 Å². The Labute approximate surface area is 193 Å². The molecule has 10 heteroatoms. The minimum Gasteiger partial charge on any atom is -0.366 e. The van der Waals surface area contributed by atoms with Crippen molar-refractivity contribution in [2.75, 3.05) is 11.2 Å². The number of aromatic nitrogens is 5. The molecule has 5 aromatic rings. The molecule has 0 aliphatic heterocycles. The standard InChI is InChI=1S/C24H20N8O2/c25-22(33)16-2-1-3-19-17(16)8-20(30-19)21-18-7-14(10-28-23(18)32(26)31-21)13-6-15(11-27-9-13)29-24(34)12-4-5-12/h1-3,6-12,30H,4-5,26H2,(H2,25,33)(H,29,34). The van der Waals surface area contributed by atoms with Crippen LogP contribution in [0.25, 0.3) is 44.5 Å². The van der Waals surface area contributed by atoms with E-state index in [1.54, 1.807) is 30.7 Å². The average molecular weight is 452 g/mol. The highest BCUT2D eigenvalue weighted by atomic mass is 16.2. The molecule has 0 atom stereocenters. The summed E-state index contributed by atoms with van der Waals surface area (Å²) in [6, 6.07) is 10.9. The monoisotopic (exact) mass is 452 g/mol. The fourth-order valence-electron chi connectivity index (χ4n) is 4.13. The molecule has 6 N–H and O–H groups in total. The van der Waals surface area contributed by atoms with Gasteiger partial charge in [-0.2, -0.15) is 4.79 Å². The number of hydrogen-bond acceptors (Lipinski definition) is 6. The van der Waals surface area contributed by atoms with Crippen LogP contribution in [0.2, 0.25) is 0 Å². The number of carbonyl (C=O) groups excluding carboxylic acids is 2. The number of amides is 2. The second-order valence-corrected chi connectivity index (χ2v) is 8.43. The number of H-pyrrole nitrogens is 1. The lowest BCUT2D eigenvalue weighted by molar-refractivity contribution is -0.117. The van der Waals surface area contributed by atoms with Crippen molar-refractivity contribution >= 4 is 39.4 Å². The normalized spacial score (nSPS) is 13.4. The van der Waals surface area contributed by atoms with Crippen LogP contribution in [-0.4, -0.2) is 36.7 Å². The van der Waals surface area contributed by atoms with Crippen LogP contribution in [-0.2, 0) is 4.79 Å². The molecule has 4 heterocycles. The Kier molecular flexibility index (Phi) is 4.34. The van der Waals surface area contributed by atoms with Crippen LogP contribution in [0.3, 0.4) is 0 Å². The lowest BCUT2D eigenvalue weighted by Crippen LogP contribution is -2.13. The molecule has 1 fully saturated rings. The Morgan fingerprint density at radius 3 is 2.68 bits per heavy atom. The molecule has 0 saturated heterocycles. The summed E-state index contributed by atoms with van der Waals surface area (Å²) >= 11 is 0. The maximum atomic E-state index is 12.1. The van der Waals surface area contributed by atoms with E-state index in [4.69, 9.17) is 11.6 Å². The molecule has 6 rings (SSSR count). The molecule has 0 bridgehead atoms. The third-order valence-electron chi connectivity index (χ3n) is 6.02. The van der Waals surface area contributed by atoms with Crippen LogP contribution in [0.4, 0.5) is 5.69 Å². The number of hydrogen-bond donors (Lipinski definition) is 4. The van der Waals surface area contributed by atoms with Gasteiger partial charge in [0.25, 0.3) is 0 Å². The van der Waals surface area contributed by atoms with Crippen molar-refractivity contribution in [1.29, 1.82) is 0 Å². The first-order valence-corrected chi connectivity index (χ1v) is 10.8. The summed E-state index contributed by atoms with van der Waals surface area (Å²) in [7, 11) is 0. The molecule has 2 amide bonds. The van der Waals surface area contributed by atoms with E-state index in [0.29, 0.717) is 33.7 Å². The molecule has 0 spiro atoms. The van der Waals surface area contributed by atoms with Gasteiger partial charge in [0.2, 0.25) is 11.8 Å². The summed E-state index contributed by atoms with van der Waals surface area (Å²) in [5.74, 6) is 5.70. The minimum absolute atomic E-state index is 0.0216. The number of benzene rings is 1. The number of carbonyl (C=O) groups is 2. The predicted octanol–water partition coefficient (Wildman–Crippen LogP) is 2.80. The molecule has 1 aliphatic carbocycles. The van der Waals surface area contributed by atoms with Crippen molar-refractivity contribution in [2.24, 2.45) is 11.7 Å². The van der Waals surface area contributed by atoms with Crippen LogP contribution >= 0.6 is 0 Å². The number of anilines is 1. The van der Waals surface area contributed by atoms with Crippen molar-refractivity contribution < 1.29 is 9.59 Å². The molecule has 34 heavy (non-hydrogen) atoms. The fourth-order valence-corrected chi connectivity index (χ4v) is 4.13. The Morgan fingerprint density at radius 1 is 1.06 bits per heavy atom. The van der Waals surface area contributed by atoms with Crippen LogP contribution < -0.4 is 16.9 Å². The Balaban J connectivity index is 1.44. The van der Waals surface area contributed by atoms with Gasteiger partial charge in [0.05, 0.1) is 23.0 Å². The van der Waals surface area contributed by atoms with Gasteiger partial charge in [0.15, 0.2) is 5.65 Å². The van der Waals surface area contributed by atoms with Gasteiger partial charge in [0, 0.05) is 45.9 Å². The van der Waals surface area contributed by atoms with E-state index >= 15 is 0 Å². The maximum absolute atomic E-state index is 12.1. The molecule has 1 aromatic carbocycles. The van der Waals surface area contributed by atoms with Crippen molar-refractivity contribution in [3.63, 3.8) is 0 Å². The van der Waals surface area contributed by atoms with Crippen LogP contribution in [0.5, 0.6) is 0 Å². The maximum Gasteiger partial charge on any atom is 0.249 e. The Hall–Kier alpha value is -4.73. The topological polar surface area (TPSA) is 158 Å². The molecule has 168 valence electrons. The quantitative estimate of drug-likeness (QED) is 0.300. The van der Waals surface area contributed by atoms with Gasteiger partial charge in [-0.3, -0.25) is 14.6 Å². The summed E-state index contributed by atoms with van der Waals surface area (Å²) < 4.78 is 0. The highest BCUT2D eigenvalue weighted by Crippen LogP contribution is 2.33. The molecular formula is C24H20N8O2. The van der Waals surface area contributed by atoms with Gasteiger partial charge in [-0.15, -0.1) is 5.10 Å². The Bertz CT molecular complexity index is 1610. The molecule has 10 nitrogen and oxygen atoms in total. The summed E-state index contributed by atoms with van der Waals surface area (Å²) in [4.78, 5) is 37.3. The van der Waals surface area contributed by atoms with Gasteiger partial charge in [0.1, 0.15) is 5.69 Å². The number of aromatic amines is 1. The first-order valence-electron chi connectivity index (χ1n) is 10.8. The first kappa shape index (κ1) is 19.9. The van der Waals surface area contributed by atoms with Gasteiger partial charge < -0.3 is 21.9 Å². The van der Waals surface area contributed by atoms with E-state index in [1.807, 2.05) is 24.3 Å². The number of primary amides is 1. The zero-order valence-corrected chi connectivity index (χ0v) is 17.9. The zero-order valence-electron chi connectivity index (χ0n) is 17.9. The van der Waals surface area contributed by atoms with E-state index < -0.39 is 5.91 Å². The van der Waals surface area contributed by atoms with E-state index in [-0.39, 0.29) is 11.8 Å². The van der Waals surface area contributed by atoms with E-state index in [0.717, 1.165) is 34.9 Å². The number of fused-ring (bicyclic) bond motifs is 2. The first-order chi connectivity index (χ1) is 16.5. The second-order valence-electron chi connectivity index (χ2n) is 8.43. The smallest absolute Gasteiger partial charge is 0.249 e. The largest absolute Gasteiger partial charge is 0.366 e. The average Bonchev–Trinajstić information content (AvgIpc) is 3.52. The molecule has 4 aromatic heterocycles. The summed E-state index contributed by atoms with van der Waals surface area (Å²) in [5.41, 5.74) is 10.7. The Morgan fingerprint density at radius 2 is 1.88 bits per heavy atom. The second kappa shape index (κ2) is 7.41. The number of pyridine rings is 2. The molecule has 0 radical (unpaired) electrons. The minimum atomic E-state index is -0.504. The molecular weight excluding hydrogens is 432 g/mol. The molecule has 0 unspecified atom stereocenters. The van der Waals surface area contributed by atoms with Crippen LogP contribution in [0.15, 0.2) is 55.0 Å². The number of nitrogen functional groups attached to an aromatic ring is 1. The lowest BCUT2D eigenvalue weighted by Gasteiger charge is -2.07. The SMILES string of the molecule is NC(=O)c1cccc2[nH]c(-c3nn(N)c4ncc(-c5cncc(NC(=O)C6CC6)c5)cc34)cc12. The van der Waals surface area contributed by atoms with Crippen molar-refractivity contribution in [1.82, 2.24) is 24.8 Å². The van der Waals surface area contributed by atoms with Crippen molar-refractivity contribution in [3.05, 3.63) is 60.6 Å². The third-order valence-corrected chi connectivity index (χ3v) is 6.02. The van der Waals surface area contributed by atoms with E-state index in [1.165, 1.54) is 4.79 Å². The highest BCUT2D eigenvalue weighted by molar-refractivity contribution is 6.07. The number of nitrogens with zero attached hydrogens (tertiary/aromatic N) is 4. The summed E-state index contributed by atoms with van der Waals surface area (Å²) in [5, 5.41) is 8.81. The van der Waals surface area contributed by atoms with Gasteiger partial charge in [-0.1, -0.05) is 6.07 Å². The number of nitrogens with two attached hydrogens (primary N) is 2.